The van der Waals surface area contributed by atoms with E-state index < -0.39 is 11.4 Å². The summed E-state index contributed by atoms with van der Waals surface area (Å²) in [5.74, 6) is 0.160. The van der Waals surface area contributed by atoms with Gasteiger partial charge in [0.2, 0.25) is 0 Å². The number of fused-ring (bicyclic) bond motifs is 1. The molecule has 2 heterocycles. The van der Waals surface area contributed by atoms with Crippen molar-refractivity contribution in [1.29, 1.82) is 0 Å². The predicted octanol–water partition coefficient (Wildman–Crippen LogP) is 2.57. The third-order valence-corrected chi connectivity index (χ3v) is 4.68. The third-order valence-electron chi connectivity index (χ3n) is 4.68. The quantitative estimate of drug-likeness (QED) is 0.938. The van der Waals surface area contributed by atoms with Crippen LogP contribution in [0, 0.1) is 11.3 Å². The van der Waals surface area contributed by atoms with Crippen LogP contribution in [0.2, 0.25) is 0 Å². The van der Waals surface area contributed by atoms with Gasteiger partial charge in [-0.2, -0.15) is 5.10 Å². The molecular formula is C16H19N3O2. The highest BCUT2D eigenvalue weighted by molar-refractivity contribution is 5.92. The van der Waals surface area contributed by atoms with Crippen LogP contribution in [0.15, 0.2) is 30.5 Å². The summed E-state index contributed by atoms with van der Waals surface area (Å²) >= 11 is 0. The van der Waals surface area contributed by atoms with Gasteiger partial charge in [-0.15, -0.1) is 5.10 Å². The molecule has 0 bridgehead atoms. The third kappa shape index (κ3) is 2.13. The van der Waals surface area contributed by atoms with E-state index in [9.17, 15) is 9.90 Å². The molecule has 1 atom stereocenters. The zero-order valence-corrected chi connectivity index (χ0v) is 12.3. The SMILES string of the molecule is CC(C)C1(C(=O)O)CCN(c2nncc3ccccc23)C1. The Morgan fingerprint density at radius 1 is 1.38 bits per heavy atom. The smallest absolute Gasteiger partial charge is 0.311 e. The molecule has 5 heteroatoms. The number of anilines is 1. The second kappa shape index (κ2) is 4.98. The van der Waals surface area contributed by atoms with Gasteiger partial charge in [-0.1, -0.05) is 38.1 Å². The predicted molar refractivity (Wildman–Crippen MR) is 81.3 cm³/mol. The Balaban J connectivity index is 2.00. The fourth-order valence-electron chi connectivity index (χ4n) is 3.15. The number of aliphatic carboxylic acids is 1. The molecule has 1 fully saturated rings. The summed E-state index contributed by atoms with van der Waals surface area (Å²) in [5, 5.41) is 20.0. The molecule has 0 spiro atoms. The summed E-state index contributed by atoms with van der Waals surface area (Å²) < 4.78 is 0. The molecule has 1 aliphatic rings. The highest BCUT2D eigenvalue weighted by Gasteiger charge is 2.47. The Bertz CT molecular complexity index is 681. The van der Waals surface area contributed by atoms with Gasteiger partial charge in [-0.25, -0.2) is 0 Å². The summed E-state index contributed by atoms with van der Waals surface area (Å²) in [5.41, 5.74) is -0.696. The molecule has 0 aliphatic carbocycles. The summed E-state index contributed by atoms with van der Waals surface area (Å²) in [6, 6.07) is 7.94. The van der Waals surface area contributed by atoms with Crippen LogP contribution in [-0.2, 0) is 4.79 Å². The fraction of sp³-hybridized carbons (Fsp3) is 0.438. The number of benzene rings is 1. The number of nitrogens with zero attached hydrogens (tertiary/aromatic N) is 3. The van der Waals surface area contributed by atoms with Gasteiger partial charge >= 0.3 is 5.97 Å². The van der Waals surface area contributed by atoms with Gasteiger partial charge in [-0.05, 0) is 12.3 Å². The van der Waals surface area contributed by atoms with Crippen molar-refractivity contribution in [3.05, 3.63) is 30.5 Å². The van der Waals surface area contributed by atoms with Crippen molar-refractivity contribution in [1.82, 2.24) is 10.2 Å². The first-order valence-corrected chi connectivity index (χ1v) is 7.23. The highest BCUT2D eigenvalue weighted by Crippen LogP contribution is 2.40. The molecule has 0 radical (unpaired) electrons. The number of rotatable bonds is 3. The second-order valence-corrected chi connectivity index (χ2v) is 6.04. The maximum atomic E-state index is 11.7. The van der Waals surface area contributed by atoms with Crippen LogP contribution < -0.4 is 4.90 Å². The lowest BCUT2D eigenvalue weighted by Crippen LogP contribution is -2.39. The van der Waals surface area contributed by atoms with Gasteiger partial charge in [0.05, 0.1) is 11.6 Å². The first-order valence-electron chi connectivity index (χ1n) is 7.23. The van der Waals surface area contributed by atoms with E-state index in [1.54, 1.807) is 6.20 Å². The van der Waals surface area contributed by atoms with Crippen molar-refractivity contribution in [2.24, 2.45) is 11.3 Å². The van der Waals surface area contributed by atoms with Crippen molar-refractivity contribution in [2.75, 3.05) is 18.0 Å². The molecule has 0 saturated carbocycles. The van der Waals surface area contributed by atoms with E-state index in [1.807, 2.05) is 38.1 Å². The maximum absolute atomic E-state index is 11.7. The second-order valence-electron chi connectivity index (χ2n) is 6.04. The Kier molecular flexibility index (Phi) is 3.27. The molecule has 1 unspecified atom stereocenters. The molecule has 0 amide bonds. The minimum absolute atomic E-state index is 0.0861. The summed E-state index contributed by atoms with van der Waals surface area (Å²) in [6.07, 6.45) is 2.38. The molecule has 1 aliphatic heterocycles. The van der Waals surface area contributed by atoms with Crippen molar-refractivity contribution in [2.45, 2.75) is 20.3 Å². The number of hydrogen-bond acceptors (Lipinski definition) is 4. The molecule has 110 valence electrons. The molecule has 1 N–H and O–H groups in total. The van der Waals surface area contributed by atoms with E-state index in [0.717, 1.165) is 16.6 Å². The molecule has 1 saturated heterocycles. The molecule has 21 heavy (non-hydrogen) atoms. The van der Waals surface area contributed by atoms with Gasteiger partial charge in [0.15, 0.2) is 5.82 Å². The number of carboxylic acids is 1. The van der Waals surface area contributed by atoms with Crippen LogP contribution in [0.1, 0.15) is 20.3 Å². The van der Waals surface area contributed by atoms with Crippen molar-refractivity contribution in [3.63, 3.8) is 0 Å². The van der Waals surface area contributed by atoms with Gasteiger partial charge in [-0.3, -0.25) is 4.79 Å². The molecular weight excluding hydrogens is 266 g/mol. The lowest BCUT2D eigenvalue weighted by atomic mass is 9.76. The Morgan fingerprint density at radius 3 is 2.81 bits per heavy atom. The van der Waals surface area contributed by atoms with E-state index in [2.05, 4.69) is 15.1 Å². The normalized spacial score (nSPS) is 22.1. The van der Waals surface area contributed by atoms with E-state index in [1.165, 1.54) is 0 Å². The average Bonchev–Trinajstić information content (AvgIpc) is 2.93. The number of carbonyl (C=O) groups is 1. The van der Waals surface area contributed by atoms with Crippen molar-refractivity contribution >= 4 is 22.6 Å². The van der Waals surface area contributed by atoms with Crippen LogP contribution in [0.5, 0.6) is 0 Å². The molecule has 2 aromatic rings. The zero-order chi connectivity index (χ0) is 15.0. The van der Waals surface area contributed by atoms with Crippen molar-refractivity contribution in [3.8, 4) is 0 Å². The fourth-order valence-corrected chi connectivity index (χ4v) is 3.15. The Hall–Kier alpha value is -2.17. The van der Waals surface area contributed by atoms with E-state index in [4.69, 9.17) is 0 Å². The Morgan fingerprint density at radius 2 is 2.14 bits per heavy atom. The Labute approximate surface area is 123 Å². The van der Waals surface area contributed by atoms with Gasteiger partial charge in [0.25, 0.3) is 0 Å². The summed E-state index contributed by atoms with van der Waals surface area (Å²) in [4.78, 5) is 13.8. The topological polar surface area (TPSA) is 66.3 Å². The van der Waals surface area contributed by atoms with E-state index in [-0.39, 0.29) is 5.92 Å². The number of carboxylic acid groups (broad SMARTS) is 1. The molecule has 1 aromatic heterocycles. The lowest BCUT2D eigenvalue weighted by Gasteiger charge is -2.29. The minimum atomic E-state index is -0.715. The summed E-state index contributed by atoms with van der Waals surface area (Å²) in [6.45, 7) is 5.15. The standard InChI is InChI=1S/C16H19N3O2/c1-11(2)16(15(20)21)7-8-19(10-16)14-13-6-4-3-5-12(13)9-17-18-14/h3-6,9,11H,7-8,10H2,1-2H3,(H,20,21). The molecule has 5 nitrogen and oxygen atoms in total. The summed E-state index contributed by atoms with van der Waals surface area (Å²) in [7, 11) is 0. The molecule has 3 rings (SSSR count). The van der Waals surface area contributed by atoms with Gasteiger partial charge in [0.1, 0.15) is 0 Å². The highest BCUT2D eigenvalue weighted by atomic mass is 16.4. The van der Waals surface area contributed by atoms with Gasteiger partial charge in [0, 0.05) is 23.9 Å². The van der Waals surface area contributed by atoms with E-state index in [0.29, 0.717) is 19.5 Å². The largest absolute Gasteiger partial charge is 0.481 e. The number of hydrogen-bond donors (Lipinski definition) is 1. The van der Waals surface area contributed by atoms with Crippen LogP contribution in [0.3, 0.4) is 0 Å². The van der Waals surface area contributed by atoms with E-state index >= 15 is 0 Å². The monoisotopic (exact) mass is 285 g/mol. The molecule has 1 aromatic carbocycles. The van der Waals surface area contributed by atoms with Crippen LogP contribution in [0.25, 0.3) is 10.8 Å². The first-order chi connectivity index (χ1) is 10.0. The maximum Gasteiger partial charge on any atom is 0.311 e. The van der Waals surface area contributed by atoms with Crippen LogP contribution in [0.4, 0.5) is 5.82 Å². The first kappa shape index (κ1) is 13.8. The van der Waals surface area contributed by atoms with Crippen molar-refractivity contribution < 1.29 is 9.90 Å². The lowest BCUT2D eigenvalue weighted by molar-refractivity contribution is -0.150. The average molecular weight is 285 g/mol. The minimum Gasteiger partial charge on any atom is -0.481 e. The van der Waals surface area contributed by atoms with Crippen LogP contribution in [-0.4, -0.2) is 34.4 Å². The van der Waals surface area contributed by atoms with Crippen LogP contribution >= 0.6 is 0 Å². The van der Waals surface area contributed by atoms with Gasteiger partial charge < -0.3 is 10.0 Å². The zero-order valence-electron chi connectivity index (χ0n) is 12.3. The number of aromatic nitrogens is 2.